The van der Waals surface area contributed by atoms with E-state index in [0.717, 1.165) is 31.0 Å². The maximum atomic E-state index is 14.4. The molecule has 3 nitrogen and oxygen atoms in total. The van der Waals surface area contributed by atoms with Crippen molar-refractivity contribution in [1.82, 2.24) is 9.78 Å². The third-order valence-corrected chi connectivity index (χ3v) is 4.75. The molecule has 2 heterocycles. The molecule has 0 bridgehead atoms. The van der Waals surface area contributed by atoms with E-state index >= 15 is 0 Å². The molecule has 1 aliphatic rings. The van der Waals surface area contributed by atoms with E-state index in [0.29, 0.717) is 24.3 Å². The van der Waals surface area contributed by atoms with Crippen molar-refractivity contribution in [2.24, 2.45) is 0 Å². The summed E-state index contributed by atoms with van der Waals surface area (Å²) in [5.41, 5.74) is -0.135. The van der Waals surface area contributed by atoms with Crippen LogP contribution in [-0.4, -0.2) is 16.3 Å². The van der Waals surface area contributed by atoms with Gasteiger partial charge in [0.25, 0.3) is 0 Å². The number of hydrogen-bond acceptors (Lipinski definition) is 2. The van der Waals surface area contributed by atoms with Crippen molar-refractivity contribution in [3.63, 3.8) is 0 Å². The lowest BCUT2D eigenvalue weighted by molar-refractivity contribution is -0.137. The van der Waals surface area contributed by atoms with Gasteiger partial charge in [-0.2, -0.15) is 18.3 Å². The first-order valence-electron chi connectivity index (χ1n) is 8.84. The first-order valence-corrected chi connectivity index (χ1v) is 8.84. The summed E-state index contributed by atoms with van der Waals surface area (Å²) in [6.07, 6.45) is -2.46. The summed E-state index contributed by atoms with van der Waals surface area (Å²) < 4.78 is 69.5. The van der Waals surface area contributed by atoms with E-state index in [-0.39, 0.29) is 16.9 Å². The smallest absolute Gasteiger partial charge is 0.370 e. The average Bonchev–Trinajstić information content (AvgIpc) is 2.83. The summed E-state index contributed by atoms with van der Waals surface area (Å²) in [7, 11) is 0. The van der Waals surface area contributed by atoms with E-state index in [1.165, 1.54) is 28.9 Å². The highest BCUT2D eigenvalue weighted by Gasteiger charge is 2.35. The normalized spacial score (nSPS) is 14.3. The minimum atomic E-state index is -4.55. The monoisotopic (exact) mass is 393 g/mol. The van der Waals surface area contributed by atoms with Crippen molar-refractivity contribution in [2.45, 2.75) is 25.4 Å². The van der Waals surface area contributed by atoms with E-state index in [1.807, 2.05) is 0 Å². The van der Waals surface area contributed by atoms with Crippen LogP contribution in [0.3, 0.4) is 0 Å². The quantitative estimate of drug-likeness (QED) is 0.576. The molecule has 0 amide bonds. The van der Waals surface area contributed by atoms with Gasteiger partial charge in [-0.05, 0) is 37.5 Å². The van der Waals surface area contributed by atoms with Crippen molar-refractivity contribution >= 4 is 5.82 Å². The third-order valence-electron chi connectivity index (χ3n) is 4.75. The van der Waals surface area contributed by atoms with Gasteiger partial charge in [-0.3, -0.25) is 0 Å². The Balaban J connectivity index is 1.97. The van der Waals surface area contributed by atoms with Gasteiger partial charge in [0, 0.05) is 23.7 Å². The number of rotatable bonds is 2. The molecule has 146 valence electrons. The second kappa shape index (κ2) is 6.92. The van der Waals surface area contributed by atoms with Crippen LogP contribution in [0.25, 0.3) is 16.9 Å². The van der Waals surface area contributed by atoms with Crippen LogP contribution in [0.15, 0.2) is 42.5 Å². The van der Waals surface area contributed by atoms with Gasteiger partial charge in [0.1, 0.15) is 17.3 Å². The molecule has 1 aromatic heterocycles. The van der Waals surface area contributed by atoms with Crippen molar-refractivity contribution in [3.05, 3.63) is 65.2 Å². The highest BCUT2D eigenvalue weighted by atomic mass is 19.4. The maximum Gasteiger partial charge on any atom is 0.417 e. The summed E-state index contributed by atoms with van der Waals surface area (Å²) >= 11 is 0. The zero-order chi connectivity index (χ0) is 19.9. The molecule has 0 saturated carbocycles. The number of anilines is 1. The van der Waals surface area contributed by atoms with Crippen LogP contribution in [0.1, 0.15) is 24.0 Å². The van der Waals surface area contributed by atoms with Gasteiger partial charge < -0.3 is 5.32 Å². The number of fused-ring (bicyclic) bond motifs is 1. The molecule has 8 heteroatoms. The highest BCUT2D eigenvalue weighted by molar-refractivity contribution is 5.74. The van der Waals surface area contributed by atoms with Gasteiger partial charge in [0.15, 0.2) is 5.82 Å². The van der Waals surface area contributed by atoms with Crippen LogP contribution < -0.4 is 5.32 Å². The van der Waals surface area contributed by atoms with E-state index in [9.17, 15) is 22.0 Å². The van der Waals surface area contributed by atoms with Gasteiger partial charge >= 0.3 is 6.18 Å². The fourth-order valence-corrected chi connectivity index (χ4v) is 3.48. The average molecular weight is 393 g/mol. The standard InChI is InChI=1S/C20H16F5N3/c21-12-8-9-17(16(22)11-12)28-19-14(6-3-4-10-26-19)18(27-28)13-5-1-2-7-15(13)20(23,24)25/h1-2,5,7-9,11,26H,3-4,6,10H2. The van der Waals surface area contributed by atoms with Crippen molar-refractivity contribution < 1.29 is 22.0 Å². The SMILES string of the molecule is Fc1ccc(-n2nc(-c3ccccc3C(F)(F)F)c3c2NCCCC3)c(F)c1. The Morgan fingerprint density at radius 1 is 1.00 bits per heavy atom. The van der Waals surface area contributed by atoms with Gasteiger partial charge in [0.05, 0.1) is 11.3 Å². The number of halogens is 5. The van der Waals surface area contributed by atoms with Crippen LogP contribution in [0.2, 0.25) is 0 Å². The first-order chi connectivity index (χ1) is 13.4. The summed E-state index contributed by atoms with van der Waals surface area (Å²) in [6.45, 7) is 0.585. The molecular formula is C20H16F5N3. The largest absolute Gasteiger partial charge is 0.417 e. The lowest BCUT2D eigenvalue weighted by atomic mass is 9.99. The van der Waals surface area contributed by atoms with Gasteiger partial charge in [-0.1, -0.05) is 18.2 Å². The lowest BCUT2D eigenvalue weighted by Gasteiger charge is -2.12. The van der Waals surface area contributed by atoms with Gasteiger partial charge in [-0.25, -0.2) is 13.5 Å². The second-order valence-electron chi connectivity index (χ2n) is 6.61. The van der Waals surface area contributed by atoms with Crippen LogP contribution in [0, 0.1) is 11.6 Å². The molecule has 0 unspecified atom stereocenters. The number of nitrogens with one attached hydrogen (secondary N) is 1. The summed E-state index contributed by atoms with van der Waals surface area (Å²) in [6, 6.07) is 8.24. The third kappa shape index (κ3) is 3.23. The molecule has 0 radical (unpaired) electrons. The maximum absolute atomic E-state index is 14.4. The molecule has 28 heavy (non-hydrogen) atoms. The molecule has 0 fully saturated rings. The molecular weight excluding hydrogens is 377 g/mol. The fourth-order valence-electron chi connectivity index (χ4n) is 3.48. The Kier molecular flexibility index (Phi) is 4.56. The lowest BCUT2D eigenvalue weighted by Crippen LogP contribution is -2.09. The van der Waals surface area contributed by atoms with E-state index in [4.69, 9.17) is 0 Å². The van der Waals surface area contributed by atoms with Crippen molar-refractivity contribution in [2.75, 3.05) is 11.9 Å². The predicted octanol–water partition coefficient (Wildman–Crippen LogP) is 5.58. The fraction of sp³-hybridized carbons (Fsp3) is 0.250. The summed E-state index contributed by atoms with van der Waals surface area (Å²) in [4.78, 5) is 0. The number of benzene rings is 2. The van der Waals surface area contributed by atoms with E-state index < -0.39 is 23.4 Å². The topological polar surface area (TPSA) is 29.9 Å². The Bertz CT molecular complexity index is 1020. The van der Waals surface area contributed by atoms with Crippen LogP contribution in [0.4, 0.5) is 27.8 Å². The Morgan fingerprint density at radius 3 is 2.54 bits per heavy atom. The molecule has 0 spiro atoms. The molecule has 0 atom stereocenters. The van der Waals surface area contributed by atoms with Crippen LogP contribution in [0.5, 0.6) is 0 Å². The zero-order valence-corrected chi connectivity index (χ0v) is 14.7. The van der Waals surface area contributed by atoms with Crippen LogP contribution in [-0.2, 0) is 12.6 Å². The second-order valence-corrected chi connectivity index (χ2v) is 6.61. The molecule has 1 aliphatic heterocycles. The van der Waals surface area contributed by atoms with Crippen molar-refractivity contribution in [3.8, 4) is 16.9 Å². The van der Waals surface area contributed by atoms with Crippen molar-refractivity contribution in [1.29, 1.82) is 0 Å². The van der Waals surface area contributed by atoms with E-state index in [1.54, 1.807) is 0 Å². The Morgan fingerprint density at radius 2 is 1.79 bits per heavy atom. The van der Waals surface area contributed by atoms with Gasteiger partial charge in [0.2, 0.25) is 0 Å². The van der Waals surface area contributed by atoms with E-state index in [2.05, 4.69) is 10.4 Å². The minimum Gasteiger partial charge on any atom is -0.370 e. The number of alkyl halides is 3. The van der Waals surface area contributed by atoms with Gasteiger partial charge in [-0.15, -0.1) is 0 Å². The first kappa shape index (κ1) is 18.5. The Labute approximate surface area is 157 Å². The number of hydrogen-bond donors (Lipinski definition) is 1. The molecule has 1 N–H and O–H groups in total. The predicted molar refractivity (Wildman–Crippen MR) is 95.3 cm³/mol. The molecule has 0 aliphatic carbocycles. The summed E-state index contributed by atoms with van der Waals surface area (Å²) in [5, 5.41) is 7.47. The molecule has 4 rings (SSSR count). The Hall–Kier alpha value is -2.90. The molecule has 3 aromatic rings. The molecule has 2 aromatic carbocycles. The number of nitrogens with zero attached hydrogens (tertiary/aromatic N) is 2. The summed E-state index contributed by atoms with van der Waals surface area (Å²) in [5.74, 6) is -1.14. The highest BCUT2D eigenvalue weighted by Crippen LogP contribution is 2.41. The number of aromatic nitrogens is 2. The minimum absolute atomic E-state index is 0.0252. The van der Waals surface area contributed by atoms with Crippen LogP contribution >= 0.6 is 0 Å². The molecule has 0 saturated heterocycles. The zero-order valence-electron chi connectivity index (χ0n) is 14.7.